The quantitative estimate of drug-likeness (QED) is 0.838. The summed E-state index contributed by atoms with van der Waals surface area (Å²) < 4.78 is 22.8. The van der Waals surface area contributed by atoms with Crippen LogP contribution >= 0.6 is 0 Å². The van der Waals surface area contributed by atoms with Gasteiger partial charge in [-0.05, 0) is 31.0 Å². The summed E-state index contributed by atoms with van der Waals surface area (Å²) in [5.74, 6) is -1.20. The maximum absolute atomic E-state index is 11.4. The minimum absolute atomic E-state index is 0.0258. The molecule has 5 nitrogen and oxygen atoms in total. The number of hydrogen-bond acceptors (Lipinski definition) is 4. The first-order valence-electron chi connectivity index (χ1n) is 5.04. The van der Waals surface area contributed by atoms with Crippen molar-refractivity contribution in [3.05, 3.63) is 23.8 Å². The van der Waals surface area contributed by atoms with E-state index in [0.717, 1.165) is 6.26 Å². The molecule has 0 amide bonds. The van der Waals surface area contributed by atoms with Crippen molar-refractivity contribution in [1.29, 1.82) is 0 Å². The fraction of sp³-hybridized carbons (Fsp3) is 0.364. The van der Waals surface area contributed by atoms with Gasteiger partial charge >= 0.3 is 5.97 Å². The Morgan fingerprint density at radius 2 is 1.94 bits per heavy atom. The molecule has 0 saturated heterocycles. The van der Waals surface area contributed by atoms with E-state index in [1.807, 2.05) is 0 Å². The topological polar surface area (TPSA) is 91.7 Å². The smallest absolute Gasteiger partial charge is 0.314 e. The van der Waals surface area contributed by atoms with Crippen LogP contribution in [-0.2, 0) is 20.0 Å². The van der Waals surface area contributed by atoms with Gasteiger partial charge in [-0.3, -0.25) is 4.79 Å². The summed E-state index contributed by atoms with van der Waals surface area (Å²) in [4.78, 5) is 11.2. The van der Waals surface area contributed by atoms with Crippen molar-refractivity contribution in [2.75, 3.05) is 6.26 Å². The third kappa shape index (κ3) is 1.88. The molecule has 0 unspecified atom stereocenters. The van der Waals surface area contributed by atoms with E-state index in [4.69, 9.17) is 5.11 Å². The average Bonchev–Trinajstić information content (AvgIpc) is 2.97. The number of carboxylic acid groups (broad SMARTS) is 1. The van der Waals surface area contributed by atoms with Gasteiger partial charge in [-0.1, -0.05) is 0 Å². The minimum Gasteiger partial charge on any atom is -0.508 e. The molecule has 0 spiro atoms. The van der Waals surface area contributed by atoms with Gasteiger partial charge in [0, 0.05) is 11.8 Å². The van der Waals surface area contributed by atoms with Gasteiger partial charge in [-0.2, -0.15) is 0 Å². The average molecular weight is 256 g/mol. The highest BCUT2D eigenvalue weighted by molar-refractivity contribution is 7.90. The van der Waals surface area contributed by atoms with Crippen LogP contribution in [0.3, 0.4) is 0 Å². The molecule has 2 N–H and O–H groups in total. The lowest BCUT2D eigenvalue weighted by Crippen LogP contribution is -2.20. The maximum Gasteiger partial charge on any atom is 0.314 e. The Morgan fingerprint density at radius 1 is 1.35 bits per heavy atom. The Bertz CT molecular complexity index is 584. The minimum atomic E-state index is -3.40. The standard InChI is InChI=1S/C11H12O5S/c1-17(15,16)7-2-3-9(12)8(6-7)11(4-5-11)10(13)14/h2-3,6,12H,4-5H2,1H3,(H,13,14). The van der Waals surface area contributed by atoms with Gasteiger partial charge in [0.05, 0.1) is 10.3 Å². The molecule has 1 saturated carbocycles. The van der Waals surface area contributed by atoms with Crippen LogP contribution in [0.15, 0.2) is 23.1 Å². The number of phenols is 1. The van der Waals surface area contributed by atoms with E-state index in [0.29, 0.717) is 12.8 Å². The maximum atomic E-state index is 11.4. The lowest BCUT2D eigenvalue weighted by molar-refractivity contribution is -0.140. The normalized spacial score (nSPS) is 17.7. The molecule has 1 aliphatic carbocycles. The molecular weight excluding hydrogens is 244 g/mol. The second-order valence-corrected chi connectivity index (χ2v) is 6.35. The second kappa shape index (κ2) is 3.46. The summed E-state index contributed by atoms with van der Waals surface area (Å²) in [6, 6.07) is 3.76. The van der Waals surface area contributed by atoms with Crippen LogP contribution in [0, 0.1) is 0 Å². The number of phenolic OH excluding ortho intramolecular Hbond substituents is 1. The molecule has 6 heteroatoms. The van der Waals surface area contributed by atoms with Crippen LogP contribution in [-0.4, -0.2) is 30.9 Å². The van der Waals surface area contributed by atoms with Gasteiger partial charge in [0.2, 0.25) is 0 Å². The van der Waals surface area contributed by atoms with Crippen LogP contribution in [0.25, 0.3) is 0 Å². The molecule has 1 fully saturated rings. The first-order chi connectivity index (χ1) is 7.77. The first-order valence-corrected chi connectivity index (χ1v) is 6.93. The number of carbonyl (C=O) groups is 1. The van der Waals surface area contributed by atoms with Gasteiger partial charge in [0.15, 0.2) is 9.84 Å². The van der Waals surface area contributed by atoms with Crippen LogP contribution in [0.2, 0.25) is 0 Å². The number of hydrogen-bond donors (Lipinski definition) is 2. The SMILES string of the molecule is CS(=O)(=O)c1ccc(O)c(C2(C(=O)O)CC2)c1. The second-order valence-electron chi connectivity index (χ2n) is 4.34. The van der Waals surface area contributed by atoms with E-state index < -0.39 is 21.2 Å². The molecule has 1 aromatic rings. The van der Waals surface area contributed by atoms with E-state index >= 15 is 0 Å². The molecule has 2 rings (SSSR count). The Hall–Kier alpha value is -1.56. The van der Waals surface area contributed by atoms with Crippen molar-refractivity contribution in [1.82, 2.24) is 0 Å². The van der Waals surface area contributed by atoms with Crippen molar-refractivity contribution < 1.29 is 23.4 Å². The van der Waals surface area contributed by atoms with E-state index in [1.54, 1.807) is 0 Å². The largest absolute Gasteiger partial charge is 0.508 e. The molecule has 0 radical (unpaired) electrons. The predicted octanol–water partition coefficient (Wildman–Crippen LogP) is 0.912. The molecule has 0 aliphatic heterocycles. The lowest BCUT2D eigenvalue weighted by Gasteiger charge is -2.13. The molecule has 92 valence electrons. The number of carboxylic acids is 1. The summed E-state index contributed by atoms with van der Waals surface area (Å²) in [6.45, 7) is 0. The van der Waals surface area contributed by atoms with Crippen molar-refractivity contribution >= 4 is 15.8 Å². The Labute approximate surface area is 98.6 Å². The highest BCUT2D eigenvalue weighted by atomic mass is 32.2. The zero-order valence-corrected chi connectivity index (χ0v) is 9.99. The third-order valence-corrected chi connectivity index (χ3v) is 4.18. The lowest BCUT2D eigenvalue weighted by atomic mass is 9.95. The highest BCUT2D eigenvalue weighted by Gasteiger charge is 2.53. The molecule has 1 aliphatic rings. The number of rotatable bonds is 3. The summed E-state index contributed by atoms with van der Waals surface area (Å²) in [5, 5.41) is 18.8. The van der Waals surface area contributed by atoms with Crippen LogP contribution < -0.4 is 0 Å². The fourth-order valence-corrected chi connectivity index (χ4v) is 2.50. The molecule has 0 heterocycles. The van der Waals surface area contributed by atoms with Crippen molar-refractivity contribution in [2.24, 2.45) is 0 Å². The van der Waals surface area contributed by atoms with Gasteiger partial charge in [-0.25, -0.2) is 8.42 Å². The van der Waals surface area contributed by atoms with E-state index in [9.17, 15) is 18.3 Å². The number of sulfone groups is 1. The molecule has 17 heavy (non-hydrogen) atoms. The number of benzene rings is 1. The molecular formula is C11H12O5S. The summed E-state index contributed by atoms with van der Waals surface area (Å²) >= 11 is 0. The van der Waals surface area contributed by atoms with Crippen LogP contribution in [0.1, 0.15) is 18.4 Å². The highest BCUT2D eigenvalue weighted by Crippen LogP contribution is 2.51. The third-order valence-electron chi connectivity index (χ3n) is 3.07. The van der Waals surface area contributed by atoms with Gasteiger partial charge in [0.25, 0.3) is 0 Å². The summed E-state index contributed by atoms with van der Waals surface area (Å²) in [7, 11) is -3.40. The van der Waals surface area contributed by atoms with Gasteiger partial charge in [-0.15, -0.1) is 0 Å². The number of aliphatic carboxylic acids is 1. The number of aromatic hydroxyl groups is 1. The van der Waals surface area contributed by atoms with Gasteiger partial charge < -0.3 is 10.2 Å². The molecule has 0 aromatic heterocycles. The van der Waals surface area contributed by atoms with Gasteiger partial charge in [0.1, 0.15) is 5.75 Å². The Morgan fingerprint density at radius 3 is 2.35 bits per heavy atom. The summed E-state index contributed by atoms with van der Waals surface area (Å²) in [6.07, 6.45) is 1.88. The predicted molar refractivity (Wildman–Crippen MR) is 59.8 cm³/mol. The summed E-state index contributed by atoms with van der Waals surface area (Å²) in [5.41, 5.74) is -0.918. The van der Waals surface area contributed by atoms with E-state index in [-0.39, 0.29) is 16.2 Å². The van der Waals surface area contributed by atoms with Crippen LogP contribution in [0.5, 0.6) is 5.75 Å². The zero-order valence-electron chi connectivity index (χ0n) is 9.17. The van der Waals surface area contributed by atoms with E-state index in [2.05, 4.69) is 0 Å². The fourth-order valence-electron chi connectivity index (χ4n) is 1.85. The monoisotopic (exact) mass is 256 g/mol. The van der Waals surface area contributed by atoms with Crippen molar-refractivity contribution in [3.63, 3.8) is 0 Å². The van der Waals surface area contributed by atoms with Crippen molar-refractivity contribution in [3.8, 4) is 5.75 Å². The molecule has 0 bridgehead atoms. The Balaban J connectivity index is 2.59. The van der Waals surface area contributed by atoms with Crippen molar-refractivity contribution in [2.45, 2.75) is 23.2 Å². The first kappa shape index (κ1) is 11.9. The van der Waals surface area contributed by atoms with E-state index in [1.165, 1.54) is 18.2 Å². The molecule has 0 atom stereocenters. The molecule has 1 aromatic carbocycles. The Kier molecular flexibility index (Phi) is 2.43. The van der Waals surface area contributed by atoms with Crippen LogP contribution in [0.4, 0.5) is 0 Å². The zero-order chi connectivity index (χ0) is 12.8.